The number of esters is 1. The Balaban J connectivity index is 2.05. The normalized spacial score (nSPS) is 13.9. The minimum Gasteiger partial charge on any atom is -0.461 e. The number of ether oxygens (including phenoxy) is 1. The zero-order chi connectivity index (χ0) is 15.4. The summed E-state index contributed by atoms with van der Waals surface area (Å²) in [5, 5.41) is 0. The molecule has 3 rings (SSSR count). The molecule has 0 bridgehead atoms. The standard InChI is InChI=1S/C19H19NO2/c1-2-22-19(21)18-14-16-9-7-6-8-15(16)12-13-20(18)17-10-4-3-5-11-17/h3-11,14H,2,12-13H2,1H3. The lowest BCUT2D eigenvalue weighted by molar-refractivity contribution is -0.138. The maximum atomic E-state index is 12.4. The Kier molecular flexibility index (Phi) is 4.24. The summed E-state index contributed by atoms with van der Waals surface area (Å²) in [5.41, 5.74) is 3.94. The third-order valence-electron chi connectivity index (χ3n) is 3.80. The van der Waals surface area contributed by atoms with Crippen LogP contribution in [0.1, 0.15) is 18.1 Å². The van der Waals surface area contributed by atoms with Crippen LogP contribution >= 0.6 is 0 Å². The van der Waals surface area contributed by atoms with Crippen molar-refractivity contribution < 1.29 is 9.53 Å². The average molecular weight is 293 g/mol. The van der Waals surface area contributed by atoms with Crippen molar-refractivity contribution in [2.45, 2.75) is 13.3 Å². The molecule has 0 aliphatic carbocycles. The number of carbonyl (C=O) groups excluding carboxylic acids is 1. The highest BCUT2D eigenvalue weighted by atomic mass is 16.5. The second-order valence-electron chi connectivity index (χ2n) is 5.19. The summed E-state index contributed by atoms with van der Waals surface area (Å²) in [6, 6.07) is 18.2. The highest BCUT2D eigenvalue weighted by Gasteiger charge is 2.23. The van der Waals surface area contributed by atoms with Crippen molar-refractivity contribution in [1.29, 1.82) is 0 Å². The summed E-state index contributed by atoms with van der Waals surface area (Å²) < 4.78 is 5.25. The molecule has 1 aliphatic heterocycles. The van der Waals surface area contributed by atoms with E-state index in [9.17, 15) is 4.79 Å². The fourth-order valence-corrected chi connectivity index (χ4v) is 2.73. The molecule has 22 heavy (non-hydrogen) atoms. The summed E-state index contributed by atoms with van der Waals surface area (Å²) in [6.07, 6.45) is 2.83. The van der Waals surface area contributed by atoms with Crippen molar-refractivity contribution in [3.63, 3.8) is 0 Å². The SMILES string of the molecule is CCOC(=O)C1=Cc2ccccc2CCN1c1ccccc1. The topological polar surface area (TPSA) is 29.5 Å². The summed E-state index contributed by atoms with van der Waals surface area (Å²) in [6.45, 7) is 2.96. The van der Waals surface area contributed by atoms with E-state index >= 15 is 0 Å². The molecule has 0 saturated carbocycles. The van der Waals surface area contributed by atoms with E-state index in [0.717, 1.165) is 24.2 Å². The van der Waals surface area contributed by atoms with E-state index < -0.39 is 0 Å². The van der Waals surface area contributed by atoms with Gasteiger partial charge in [0.1, 0.15) is 5.70 Å². The smallest absolute Gasteiger partial charge is 0.354 e. The van der Waals surface area contributed by atoms with E-state index in [1.54, 1.807) is 0 Å². The molecule has 112 valence electrons. The van der Waals surface area contributed by atoms with E-state index in [1.807, 2.05) is 66.4 Å². The first-order valence-electron chi connectivity index (χ1n) is 7.59. The van der Waals surface area contributed by atoms with Crippen LogP contribution in [0.4, 0.5) is 5.69 Å². The van der Waals surface area contributed by atoms with Crippen LogP contribution in [0.3, 0.4) is 0 Å². The maximum Gasteiger partial charge on any atom is 0.354 e. The first-order valence-corrected chi connectivity index (χ1v) is 7.59. The van der Waals surface area contributed by atoms with Gasteiger partial charge >= 0.3 is 5.97 Å². The number of carbonyl (C=O) groups is 1. The van der Waals surface area contributed by atoms with Gasteiger partial charge in [-0.1, -0.05) is 42.5 Å². The Labute approximate surface area is 130 Å². The number of fused-ring (bicyclic) bond motifs is 1. The molecule has 0 N–H and O–H groups in total. The predicted octanol–water partition coefficient (Wildman–Crippen LogP) is 3.65. The fraction of sp³-hybridized carbons (Fsp3) is 0.211. The summed E-state index contributed by atoms with van der Waals surface area (Å²) in [5.74, 6) is -0.275. The number of nitrogens with zero attached hydrogens (tertiary/aromatic N) is 1. The molecule has 2 aromatic carbocycles. The minimum absolute atomic E-state index is 0.275. The number of para-hydroxylation sites is 1. The first-order chi connectivity index (χ1) is 10.8. The molecule has 3 nitrogen and oxygen atoms in total. The molecule has 0 radical (unpaired) electrons. The van der Waals surface area contributed by atoms with Gasteiger partial charge in [0, 0.05) is 12.2 Å². The van der Waals surface area contributed by atoms with E-state index in [4.69, 9.17) is 4.74 Å². The zero-order valence-corrected chi connectivity index (χ0v) is 12.7. The second-order valence-corrected chi connectivity index (χ2v) is 5.19. The molecular weight excluding hydrogens is 274 g/mol. The van der Waals surface area contributed by atoms with Gasteiger partial charge in [-0.2, -0.15) is 0 Å². The molecule has 0 aromatic heterocycles. The van der Waals surface area contributed by atoms with Crippen molar-refractivity contribution >= 4 is 17.7 Å². The van der Waals surface area contributed by atoms with E-state index in [1.165, 1.54) is 5.56 Å². The molecule has 0 unspecified atom stereocenters. The molecule has 2 aromatic rings. The van der Waals surface area contributed by atoms with Gasteiger partial charge in [0.05, 0.1) is 6.61 Å². The molecule has 0 atom stereocenters. The molecule has 1 aliphatic rings. The minimum atomic E-state index is -0.275. The second kappa shape index (κ2) is 6.48. The van der Waals surface area contributed by atoms with Crippen LogP contribution in [0.2, 0.25) is 0 Å². The number of hydrogen-bond donors (Lipinski definition) is 0. The number of benzene rings is 2. The van der Waals surface area contributed by atoms with Gasteiger partial charge in [-0.3, -0.25) is 0 Å². The largest absolute Gasteiger partial charge is 0.461 e. The number of hydrogen-bond acceptors (Lipinski definition) is 3. The molecule has 0 fully saturated rings. The van der Waals surface area contributed by atoms with Crippen molar-refractivity contribution in [3.05, 3.63) is 71.4 Å². The van der Waals surface area contributed by atoms with Crippen LogP contribution < -0.4 is 4.90 Å². The Bertz CT molecular complexity index is 692. The molecule has 1 heterocycles. The average Bonchev–Trinajstić information content (AvgIpc) is 2.75. The number of anilines is 1. The van der Waals surface area contributed by atoms with Gasteiger partial charge in [0.15, 0.2) is 0 Å². The van der Waals surface area contributed by atoms with Crippen molar-refractivity contribution in [1.82, 2.24) is 0 Å². The van der Waals surface area contributed by atoms with Crippen LogP contribution in [0.25, 0.3) is 6.08 Å². The molecule has 0 spiro atoms. The lowest BCUT2D eigenvalue weighted by atomic mass is 10.1. The molecule has 3 heteroatoms. The molecular formula is C19H19NO2. The van der Waals surface area contributed by atoms with Gasteiger partial charge in [0.25, 0.3) is 0 Å². The van der Waals surface area contributed by atoms with Gasteiger partial charge in [-0.25, -0.2) is 4.79 Å². The quantitative estimate of drug-likeness (QED) is 0.809. The van der Waals surface area contributed by atoms with Gasteiger partial charge in [-0.15, -0.1) is 0 Å². The van der Waals surface area contributed by atoms with Crippen LogP contribution in [0.15, 0.2) is 60.3 Å². The third-order valence-corrected chi connectivity index (χ3v) is 3.80. The number of rotatable bonds is 3. The van der Waals surface area contributed by atoms with Gasteiger partial charge < -0.3 is 9.64 Å². The Hall–Kier alpha value is -2.55. The maximum absolute atomic E-state index is 12.4. The molecule has 0 saturated heterocycles. The zero-order valence-electron chi connectivity index (χ0n) is 12.7. The van der Waals surface area contributed by atoms with E-state index in [2.05, 4.69) is 6.07 Å². The van der Waals surface area contributed by atoms with Crippen LogP contribution in [-0.4, -0.2) is 19.1 Å². The van der Waals surface area contributed by atoms with Gasteiger partial charge in [-0.05, 0) is 42.7 Å². The predicted molar refractivity (Wildman–Crippen MR) is 88.5 cm³/mol. The van der Waals surface area contributed by atoms with Crippen molar-refractivity contribution in [2.75, 3.05) is 18.1 Å². The first kappa shape index (κ1) is 14.4. The Morgan fingerprint density at radius 2 is 1.82 bits per heavy atom. The highest BCUT2D eigenvalue weighted by molar-refractivity contribution is 5.98. The van der Waals surface area contributed by atoms with Crippen LogP contribution in [0, 0.1) is 0 Å². The lowest BCUT2D eigenvalue weighted by Gasteiger charge is -2.24. The fourth-order valence-electron chi connectivity index (χ4n) is 2.73. The highest BCUT2D eigenvalue weighted by Crippen LogP contribution is 2.26. The van der Waals surface area contributed by atoms with Crippen LogP contribution in [-0.2, 0) is 16.0 Å². The third kappa shape index (κ3) is 2.89. The lowest BCUT2D eigenvalue weighted by Crippen LogP contribution is -2.29. The van der Waals surface area contributed by atoms with E-state index in [-0.39, 0.29) is 5.97 Å². The Morgan fingerprint density at radius 1 is 1.09 bits per heavy atom. The summed E-state index contributed by atoms with van der Waals surface area (Å²) in [7, 11) is 0. The molecule has 0 amide bonds. The Morgan fingerprint density at radius 3 is 2.59 bits per heavy atom. The van der Waals surface area contributed by atoms with E-state index in [0.29, 0.717) is 12.3 Å². The monoisotopic (exact) mass is 293 g/mol. The van der Waals surface area contributed by atoms with Crippen molar-refractivity contribution in [2.24, 2.45) is 0 Å². The van der Waals surface area contributed by atoms with Crippen molar-refractivity contribution in [3.8, 4) is 0 Å². The summed E-state index contributed by atoms with van der Waals surface area (Å²) in [4.78, 5) is 14.5. The summed E-state index contributed by atoms with van der Waals surface area (Å²) >= 11 is 0. The van der Waals surface area contributed by atoms with Gasteiger partial charge in [0.2, 0.25) is 0 Å². The van der Waals surface area contributed by atoms with Crippen LogP contribution in [0.5, 0.6) is 0 Å².